The molecule has 0 aromatic carbocycles. The van der Waals surface area contributed by atoms with Crippen molar-refractivity contribution in [3.8, 4) is 0 Å². The van der Waals surface area contributed by atoms with Crippen LogP contribution in [-0.2, 0) is 11.2 Å². The molecular weight excluding hydrogens is 226 g/mol. The summed E-state index contributed by atoms with van der Waals surface area (Å²) in [7, 11) is 0. The average molecular weight is 243 g/mol. The van der Waals surface area contributed by atoms with Crippen LogP contribution in [0.1, 0.15) is 32.5 Å². The summed E-state index contributed by atoms with van der Waals surface area (Å²) in [5.41, 5.74) is 0. The Kier molecular flexibility index (Phi) is 5.18. The SMILES string of the molecule is CCCC(CNc1nc(CC)ns1)C(=O)O. The number of hydrogen-bond acceptors (Lipinski definition) is 5. The van der Waals surface area contributed by atoms with Crippen LogP contribution in [0.15, 0.2) is 0 Å². The lowest BCUT2D eigenvalue weighted by Crippen LogP contribution is -2.22. The number of aliphatic carboxylic acids is 1. The van der Waals surface area contributed by atoms with E-state index in [-0.39, 0.29) is 5.92 Å². The van der Waals surface area contributed by atoms with Crippen LogP contribution >= 0.6 is 11.5 Å². The van der Waals surface area contributed by atoms with E-state index < -0.39 is 5.97 Å². The van der Waals surface area contributed by atoms with E-state index in [0.717, 1.165) is 18.7 Å². The van der Waals surface area contributed by atoms with Gasteiger partial charge in [0.05, 0.1) is 5.92 Å². The van der Waals surface area contributed by atoms with Gasteiger partial charge >= 0.3 is 5.97 Å². The molecule has 1 aromatic heterocycles. The second-order valence-corrected chi connectivity index (χ2v) is 4.33. The van der Waals surface area contributed by atoms with Crippen molar-refractivity contribution < 1.29 is 9.90 Å². The summed E-state index contributed by atoms with van der Waals surface area (Å²) in [6.07, 6.45) is 2.35. The van der Waals surface area contributed by atoms with Crippen molar-refractivity contribution in [1.29, 1.82) is 0 Å². The Bertz CT molecular complexity index is 341. The first-order valence-electron chi connectivity index (χ1n) is 5.46. The minimum atomic E-state index is -0.755. The zero-order valence-corrected chi connectivity index (χ0v) is 10.4. The van der Waals surface area contributed by atoms with Gasteiger partial charge in [-0.15, -0.1) is 0 Å². The van der Waals surface area contributed by atoms with Gasteiger partial charge in [-0.3, -0.25) is 4.79 Å². The maximum Gasteiger partial charge on any atom is 0.308 e. The first-order valence-corrected chi connectivity index (χ1v) is 6.24. The molecule has 0 spiro atoms. The van der Waals surface area contributed by atoms with Crippen LogP contribution in [0.2, 0.25) is 0 Å². The van der Waals surface area contributed by atoms with Crippen molar-refractivity contribution in [3.05, 3.63) is 5.82 Å². The maximum absolute atomic E-state index is 10.9. The molecule has 0 aliphatic carbocycles. The average Bonchev–Trinajstić information content (AvgIpc) is 2.71. The number of carbonyl (C=O) groups is 1. The molecule has 2 N–H and O–H groups in total. The number of nitrogens with zero attached hydrogens (tertiary/aromatic N) is 2. The summed E-state index contributed by atoms with van der Waals surface area (Å²) in [6, 6.07) is 0. The van der Waals surface area contributed by atoms with E-state index in [0.29, 0.717) is 18.1 Å². The summed E-state index contributed by atoms with van der Waals surface area (Å²) in [6.45, 7) is 4.39. The molecular formula is C10H17N3O2S. The zero-order chi connectivity index (χ0) is 12.0. The Morgan fingerprint density at radius 3 is 2.81 bits per heavy atom. The second-order valence-electron chi connectivity index (χ2n) is 3.57. The Balaban J connectivity index is 2.45. The molecule has 1 unspecified atom stereocenters. The smallest absolute Gasteiger partial charge is 0.308 e. The fraction of sp³-hybridized carbons (Fsp3) is 0.700. The van der Waals surface area contributed by atoms with E-state index in [1.54, 1.807) is 0 Å². The van der Waals surface area contributed by atoms with Gasteiger partial charge < -0.3 is 10.4 Å². The largest absolute Gasteiger partial charge is 0.481 e. The highest BCUT2D eigenvalue weighted by Gasteiger charge is 2.16. The fourth-order valence-electron chi connectivity index (χ4n) is 1.34. The van der Waals surface area contributed by atoms with Gasteiger partial charge in [0, 0.05) is 24.5 Å². The minimum absolute atomic E-state index is 0.348. The molecule has 0 aliphatic heterocycles. The van der Waals surface area contributed by atoms with Gasteiger partial charge in [0.15, 0.2) is 0 Å². The number of nitrogens with one attached hydrogen (secondary N) is 1. The van der Waals surface area contributed by atoms with E-state index in [1.807, 2.05) is 13.8 Å². The summed E-state index contributed by atoms with van der Waals surface area (Å²) >= 11 is 1.28. The molecule has 0 saturated heterocycles. The molecule has 0 fully saturated rings. The number of carboxylic acids is 1. The monoisotopic (exact) mass is 243 g/mol. The highest BCUT2D eigenvalue weighted by atomic mass is 32.1. The molecule has 1 atom stereocenters. The number of rotatable bonds is 7. The third kappa shape index (κ3) is 3.77. The molecule has 0 amide bonds. The molecule has 0 saturated carbocycles. The predicted octanol–water partition coefficient (Wildman–Crippen LogP) is 2.01. The van der Waals surface area contributed by atoms with E-state index >= 15 is 0 Å². The van der Waals surface area contributed by atoms with Crippen LogP contribution < -0.4 is 5.32 Å². The van der Waals surface area contributed by atoms with Crippen LogP contribution in [-0.4, -0.2) is 27.0 Å². The Hall–Kier alpha value is -1.17. The fourth-order valence-corrected chi connectivity index (χ4v) is 2.00. The van der Waals surface area contributed by atoms with E-state index in [4.69, 9.17) is 5.11 Å². The van der Waals surface area contributed by atoms with Gasteiger partial charge in [0.25, 0.3) is 0 Å². The molecule has 6 heteroatoms. The summed E-state index contributed by atoms with van der Waals surface area (Å²) in [4.78, 5) is 15.1. The van der Waals surface area contributed by atoms with Crippen molar-refractivity contribution >= 4 is 22.6 Å². The molecule has 1 heterocycles. The molecule has 5 nitrogen and oxygen atoms in total. The van der Waals surface area contributed by atoms with Crippen molar-refractivity contribution in [2.24, 2.45) is 5.92 Å². The van der Waals surface area contributed by atoms with Crippen molar-refractivity contribution in [2.45, 2.75) is 33.1 Å². The molecule has 0 aliphatic rings. The topological polar surface area (TPSA) is 75.1 Å². The van der Waals surface area contributed by atoms with Gasteiger partial charge in [-0.25, -0.2) is 4.98 Å². The molecule has 1 rings (SSSR count). The third-order valence-corrected chi connectivity index (χ3v) is 2.98. The molecule has 0 radical (unpaired) electrons. The third-order valence-electron chi connectivity index (χ3n) is 2.27. The summed E-state index contributed by atoms with van der Waals surface area (Å²) in [5, 5.41) is 12.7. The molecule has 16 heavy (non-hydrogen) atoms. The van der Waals surface area contributed by atoms with E-state index in [1.165, 1.54) is 11.5 Å². The van der Waals surface area contributed by atoms with Gasteiger partial charge in [0.2, 0.25) is 5.13 Å². The van der Waals surface area contributed by atoms with E-state index in [9.17, 15) is 4.79 Å². The Labute approximate surface area is 99.1 Å². The van der Waals surface area contributed by atoms with Crippen molar-refractivity contribution in [2.75, 3.05) is 11.9 Å². The number of carboxylic acid groups (broad SMARTS) is 1. The Morgan fingerprint density at radius 2 is 2.31 bits per heavy atom. The lowest BCUT2D eigenvalue weighted by atomic mass is 10.0. The van der Waals surface area contributed by atoms with Crippen LogP contribution in [0.4, 0.5) is 5.13 Å². The number of aryl methyl sites for hydroxylation is 1. The van der Waals surface area contributed by atoms with Crippen molar-refractivity contribution in [1.82, 2.24) is 9.36 Å². The van der Waals surface area contributed by atoms with Gasteiger partial charge in [-0.2, -0.15) is 4.37 Å². The lowest BCUT2D eigenvalue weighted by Gasteiger charge is -2.10. The standard InChI is InChI=1S/C10H17N3O2S/c1-3-5-7(9(14)15)6-11-10-12-8(4-2)13-16-10/h7H,3-6H2,1-2H3,(H,14,15)(H,11,12,13). The van der Waals surface area contributed by atoms with Crippen molar-refractivity contribution in [3.63, 3.8) is 0 Å². The van der Waals surface area contributed by atoms with Gasteiger partial charge in [-0.1, -0.05) is 20.3 Å². The van der Waals surface area contributed by atoms with Gasteiger partial charge in [0.1, 0.15) is 5.82 Å². The lowest BCUT2D eigenvalue weighted by molar-refractivity contribution is -0.141. The van der Waals surface area contributed by atoms with Crippen LogP contribution in [0.25, 0.3) is 0 Å². The maximum atomic E-state index is 10.9. The predicted molar refractivity (Wildman–Crippen MR) is 63.8 cm³/mol. The number of hydrogen-bond donors (Lipinski definition) is 2. The zero-order valence-electron chi connectivity index (χ0n) is 9.56. The first kappa shape index (κ1) is 12.9. The quantitative estimate of drug-likeness (QED) is 0.766. The highest BCUT2D eigenvalue weighted by molar-refractivity contribution is 7.09. The highest BCUT2D eigenvalue weighted by Crippen LogP contribution is 2.13. The molecule has 90 valence electrons. The van der Waals surface area contributed by atoms with Crippen LogP contribution in [0, 0.1) is 5.92 Å². The van der Waals surface area contributed by atoms with E-state index in [2.05, 4.69) is 14.7 Å². The Morgan fingerprint density at radius 1 is 1.56 bits per heavy atom. The first-order chi connectivity index (χ1) is 7.67. The summed E-state index contributed by atoms with van der Waals surface area (Å²) in [5.74, 6) is -0.302. The normalized spacial score (nSPS) is 12.4. The number of anilines is 1. The minimum Gasteiger partial charge on any atom is -0.481 e. The molecule has 0 bridgehead atoms. The molecule has 1 aromatic rings. The van der Waals surface area contributed by atoms with Gasteiger partial charge in [-0.05, 0) is 6.42 Å². The summed E-state index contributed by atoms with van der Waals surface area (Å²) < 4.78 is 4.12. The van der Waals surface area contributed by atoms with Crippen LogP contribution in [0.5, 0.6) is 0 Å². The second kappa shape index (κ2) is 6.42. The number of aromatic nitrogens is 2. The van der Waals surface area contributed by atoms with Crippen LogP contribution in [0.3, 0.4) is 0 Å².